The van der Waals surface area contributed by atoms with Crippen molar-refractivity contribution < 1.29 is 14.7 Å². The Bertz CT molecular complexity index is 475. The van der Waals surface area contributed by atoms with E-state index in [1.54, 1.807) is 0 Å². The van der Waals surface area contributed by atoms with Gasteiger partial charge in [0.15, 0.2) is 0 Å². The second kappa shape index (κ2) is 4.60. The van der Waals surface area contributed by atoms with Gasteiger partial charge in [-0.15, -0.1) is 10.2 Å². The first kappa shape index (κ1) is 12.1. The molecule has 2 aliphatic heterocycles. The molecule has 2 N–H and O–H groups in total. The number of aromatic nitrogens is 4. The number of H-pyrrole nitrogens is 1. The zero-order valence-corrected chi connectivity index (χ0v) is 10.3. The van der Waals surface area contributed by atoms with Crippen LogP contribution in [0.15, 0.2) is 0 Å². The van der Waals surface area contributed by atoms with Gasteiger partial charge in [-0.1, -0.05) is 0 Å². The number of hydrogen-bond donors (Lipinski definition) is 2. The highest BCUT2D eigenvalue weighted by Crippen LogP contribution is 2.40. The van der Waals surface area contributed by atoms with Crippen LogP contribution in [0.5, 0.6) is 0 Å². The van der Waals surface area contributed by atoms with E-state index in [9.17, 15) is 9.59 Å². The van der Waals surface area contributed by atoms with Gasteiger partial charge in [0.2, 0.25) is 0 Å². The lowest BCUT2D eigenvalue weighted by atomic mass is 9.88. The maximum absolute atomic E-state index is 12.3. The summed E-state index contributed by atoms with van der Waals surface area (Å²) in [6.07, 6.45) is 3.57. The number of aromatic amines is 1. The van der Waals surface area contributed by atoms with Gasteiger partial charge in [-0.25, -0.2) is 0 Å². The molecule has 0 aromatic carbocycles. The lowest BCUT2D eigenvalue weighted by Gasteiger charge is -2.37. The number of carbonyl (C=O) groups excluding carboxylic acids is 1. The highest BCUT2D eigenvalue weighted by atomic mass is 16.4. The molecule has 8 nitrogen and oxygen atoms in total. The fourth-order valence-corrected chi connectivity index (χ4v) is 3.40. The summed E-state index contributed by atoms with van der Waals surface area (Å²) in [5.41, 5.74) is 0. The first-order valence-electron chi connectivity index (χ1n) is 6.43. The Kier molecular flexibility index (Phi) is 2.92. The molecule has 2 aliphatic rings. The van der Waals surface area contributed by atoms with Gasteiger partial charge < -0.3 is 10.0 Å². The summed E-state index contributed by atoms with van der Waals surface area (Å²) >= 11 is 0. The van der Waals surface area contributed by atoms with Crippen molar-refractivity contribution in [2.75, 3.05) is 0 Å². The molecule has 0 radical (unpaired) electrons. The number of nitrogens with zero attached hydrogens (tertiary/aromatic N) is 4. The van der Waals surface area contributed by atoms with Crippen molar-refractivity contribution in [1.29, 1.82) is 0 Å². The molecule has 0 spiro atoms. The summed E-state index contributed by atoms with van der Waals surface area (Å²) in [5.74, 6) is -0.699. The number of amides is 1. The number of fused-ring (bicyclic) bond motifs is 2. The molecule has 1 aromatic heterocycles. The van der Waals surface area contributed by atoms with Crippen LogP contribution >= 0.6 is 0 Å². The van der Waals surface area contributed by atoms with E-state index in [0.29, 0.717) is 0 Å². The minimum Gasteiger partial charge on any atom is -0.481 e. The standard InChI is InChI=1S/C11H15N5O3/c17-9(18)5-6-3-7-1-2-8(4-6)16(7)11(19)10-12-14-15-13-10/h6-8H,1-5H2,(H,17,18)(H,12,13,14,15). The van der Waals surface area contributed by atoms with Gasteiger partial charge in [0.1, 0.15) is 0 Å². The summed E-state index contributed by atoms with van der Waals surface area (Å²) in [4.78, 5) is 24.9. The van der Waals surface area contributed by atoms with Gasteiger partial charge >= 0.3 is 5.97 Å². The number of carboxylic acids is 1. The number of carbonyl (C=O) groups is 2. The molecular weight excluding hydrogens is 250 g/mol. The van der Waals surface area contributed by atoms with Gasteiger partial charge in [-0.3, -0.25) is 9.59 Å². The number of carboxylic acid groups (broad SMARTS) is 1. The van der Waals surface area contributed by atoms with Crippen molar-refractivity contribution in [1.82, 2.24) is 25.5 Å². The highest BCUT2D eigenvalue weighted by molar-refractivity contribution is 5.91. The molecule has 1 aromatic rings. The Labute approximate surface area is 109 Å². The average molecular weight is 265 g/mol. The normalized spacial score (nSPS) is 29.5. The highest BCUT2D eigenvalue weighted by Gasteiger charge is 2.44. The van der Waals surface area contributed by atoms with Crippen LogP contribution in [0.25, 0.3) is 0 Å². The first-order valence-corrected chi connectivity index (χ1v) is 6.43. The Morgan fingerprint density at radius 3 is 2.53 bits per heavy atom. The van der Waals surface area contributed by atoms with E-state index in [-0.39, 0.29) is 36.2 Å². The molecule has 8 heteroatoms. The maximum Gasteiger partial charge on any atom is 0.303 e. The summed E-state index contributed by atoms with van der Waals surface area (Å²) in [7, 11) is 0. The Morgan fingerprint density at radius 2 is 2.00 bits per heavy atom. The summed E-state index contributed by atoms with van der Waals surface area (Å²) < 4.78 is 0. The third kappa shape index (κ3) is 2.18. The Hall–Kier alpha value is -1.99. The lowest BCUT2D eigenvalue weighted by molar-refractivity contribution is -0.138. The molecular formula is C11H15N5O3. The quantitative estimate of drug-likeness (QED) is 0.799. The van der Waals surface area contributed by atoms with Crippen LogP contribution in [-0.4, -0.2) is 54.6 Å². The van der Waals surface area contributed by atoms with Gasteiger partial charge in [0.25, 0.3) is 11.7 Å². The van der Waals surface area contributed by atoms with Gasteiger partial charge in [-0.2, -0.15) is 5.21 Å². The number of nitrogens with one attached hydrogen (secondary N) is 1. The van der Waals surface area contributed by atoms with Crippen molar-refractivity contribution in [2.24, 2.45) is 5.92 Å². The molecule has 2 saturated heterocycles. The van der Waals surface area contributed by atoms with E-state index in [4.69, 9.17) is 5.11 Å². The average Bonchev–Trinajstić information content (AvgIpc) is 2.95. The number of aliphatic carboxylic acids is 1. The fraction of sp³-hybridized carbons (Fsp3) is 0.727. The van der Waals surface area contributed by atoms with Crippen LogP contribution in [-0.2, 0) is 4.79 Å². The van der Waals surface area contributed by atoms with Crippen LogP contribution in [0.2, 0.25) is 0 Å². The lowest BCUT2D eigenvalue weighted by Crippen LogP contribution is -2.47. The van der Waals surface area contributed by atoms with E-state index in [0.717, 1.165) is 25.7 Å². The fourth-order valence-electron chi connectivity index (χ4n) is 3.40. The van der Waals surface area contributed by atoms with Gasteiger partial charge in [0.05, 0.1) is 0 Å². The predicted molar refractivity (Wildman–Crippen MR) is 62.1 cm³/mol. The minimum atomic E-state index is -0.762. The number of hydrogen-bond acceptors (Lipinski definition) is 5. The Morgan fingerprint density at radius 1 is 1.32 bits per heavy atom. The molecule has 3 rings (SSSR count). The molecule has 2 unspecified atom stereocenters. The topological polar surface area (TPSA) is 112 Å². The number of rotatable bonds is 3. The zero-order chi connectivity index (χ0) is 13.4. The van der Waals surface area contributed by atoms with Crippen LogP contribution in [0.4, 0.5) is 0 Å². The van der Waals surface area contributed by atoms with Crippen LogP contribution < -0.4 is 0 Å². The van der Waals surface area contributed by atoms with Crippen molar-refractivity contribution in [3.63, 3.8) is 0 Å². The second-order valence-corrected chi connectivity index (χ2v) is 5.27. The van der Waals surface area contributed by atoms with Crippen LogP contribution in [0.3, 0.4) is 0 Å². The summed E-state index contributed by atoms with van der Waals surface area (Å²) in [5, 5.41) is 22.0. The summed E-state index contributed by atoms with van der Waals surface area (Å²) in [6.45, 7) is 0. The van der Waals surface area contributed by atoms with E-state index in [1.807, 2.05) is 4.90 Å². The van der Waals surface area contributed by atoms with E-state index in [1.165, 1.54) is 0 Å². The van der Waals surface area contributed by atoms with E-state index >= 15 is 0 Å². The SMILES string of the molecule is O=C(O)CC1CC2CCC(C1)N2C(=O)c1nn[nH]n1. The molecule has 19 heavy (non-hydrogen) atoms. The molecule has 2 bridgehead atoms. The first-order chi connectivity index (χ1) is 9.15. The molecule has 2 atom stereocenters. The second-order valence-electron chi connectivity index (χ2n) is 5.27. The molecule has 3 heterocycles. The Balaban J connectivity index is 1.73. The van der Waals surface area contributed by atoms with Crippen molar-refractivity contribution >= 4 is 11.9 Å². The van der Waals surface area contributed by atoms with E-state index < -0.39 is 5.97 Å². The number of piperidine rings is 1. The van der Waals surface area contributed by atoms with Crippen molar-refractivity contribution in [3.8, 4) is 0 Å². The smallest absolute Gasteiger partial charge is 0.303 e. The van der Waals surface area contributed by atoms with Crippen molar-refractivity contribution in [2.45, 2.75) is 44.2 Å². The maximum atomic E-state index is 12.3. The van der Waals surface area contributed by atoms with Crippen molar-refractivity contribution in [3.05, 3.63) is 5.82 Å². The molecule has 0 saturated carbocycles. The van der Waals surface area contributed by atoms with Gasteiger partial charge in [-0.05, 0) is 36.8 Å². The minimum absolute atomic E-state index is 0.0913. The molecule has 102 valence electrons. The van der Waals surface area contributed by atoms with E-state index in [2.05, 4.69) is 20.6 Å². The third-order valence-electron chi connectivity index (χ3n) is 4.07. The largest absolute Gasteiger partial charge is 0.481 e. The van der Waals surface area contributed by atoms with Crippen LogP contribution in [0.1, 0.15) is 42.7 Å². The van der Waals surface area contributed by atoms with Gasteiger partial charge in [0, 0.05) is 18.5 Å². The molecule has 1 amide bonds. The van der Waals surface area contributed by atoms with Crippen LogP contribution in [0, 0.1) is 5.92 Å². The monoisotopic (exact) mass is 265 g/mol. The number of tetrazole rings is 1. The molecule has 2 fully saturated rings. The zero-order valence-electron chi connectivity index (χ0n) is 10.3. The summed E-state index contributed by atoms with van der Waals surface area (Å²) in [6, 6.07) is 0.239. The third-order valence-corrected chi connectivity index (χ3v) is 4.07. The predicted octanol–water partition coefficient (Wildman–Crippen LogP) is 0.0576. The molecule has 0 aliphatic carbocycles.